The van der Waals surface area contributed by atoms with Crippen molar-refractivity contribution in [3.8, 4) is 0 Å². The third-order valence-corrected chi connectivity index (χ3v) is 3.04. The standard InChI is InChI=1S/C14H14ClNO2/c1-8(2)13-5-9(6-14(17)18)11-7-10(15)3-4-12(11)16-13/h3-5,7-8H,6H2,1-2H3,(H,17,18). The van der Waals surface area contributed by atoms with E-state index in [2.05, 4.69) is 4.98 Å². The number of rotatable bonds is 3. The molecule has 1 heterocycles. The van der Waals surface area contributed by atoms with Crippen molar-refractivity contribution >= 4 is 28.5 Å². The minimum Gasteiger partial charge on any atom is -0.481 e. The Kier molecular flexibility index (Phi) is 3.53. The molecule has 0 aliphatic rings. The van der Waals surface area contributed by atoms with Gasteiger partial charge in [0.05, 0.1) is 11.9 Å². The lowest BCUT2D eigenvalue weighted by atomic mass is 10.0. The second kappa shape index (κ2) is 4.94. The van der Waals surface area contributed by atoms with Gasteiger partial charge in [0.2, 0.25) is 0 Å². The Balaban J connectivity index is 2.68. The van der Waals surface area contributed by atoms with E-state index in [0.29, 0.717) is 5.02 Å². The molecule has 3 nitrogen and oxygen atoms in total. The molecule has 0 aliphatic carbocycles. The molecule has 1 aromatic heterocycles. The summed E-state index contributed by atoms with van der Waals surface area (Å²) in [7, 11) is 0. The average molecular weight is 264 g/mol. The molecule has 4 heteroatoms. The fourth-order valence-electron chi connectivity index (χ4n) is 1.90. The van der Waals surface area contributed by atoms with E-state index < -0.39 is 5.97 Å². The predicted molar refractivity (Wildman–Crippen MR) is 72.2 cm³/mol. The number of carbonyl (C=O) groups is 1. The number of hydrogen-bond acceptors (Lipinski definition) is 2. The number of nitrogens with zero attached hydrogens (tertiary/aromatic N) is 1. The second-order valence-corrected chi connectivity index (χ2v) is 5.03. The lowest BCUT2D eigenvalue weighted by Crippen LogP contribution is -2.04. The van der Waals surface area contributed by atoms with Crippen LogP contribution < -0.4 is 0 Å². The maximum Gasteiger partial charge on any atom is 0.307 e. The Morgan fingerprint density at radius 2 is 2.11 bits per heavy atom. The first-order chi connectivity index (χ1) is 8.47. The van der Waals surface area contributed by atoms with Crippen LogP contribution in [0.5, 0.6) is 0 Å². The van der Waals surface area contributed by atoms with Gasteiger partial charge in [0, 0.05) is 16.1 Å². The molecule has 0 spiro atoms. The highest BCUT2D eigenvalue weighted by atomic mass is 35.5. The number of pyridine rings is 1. The minimum atomic E-state index is -0.850. The number of aromatic nitrogens is 1. The summed E-state index contributed by atoms with van der Waals surface area (Å²) in [4.78, 5) is 15.5. The van der Waals surface area contributed by atoms with Gasteiger partial charge in [0.25, 0.3) is 0 Å². The molecule has 0 radical (unpaired) electrons. The van der Waals surface area contributed by atoms with Crippen molar-refractivity contribution in [2.75, 3.05) is 0 Å². The summed E-state index contributed by atoms with van der Waals surface area (Å²) < 4.78 is 0. The molecule has 1 N–H and O–H groups in total. The molecular weight excluding hydrogens is 250 g/mol. The summed E-state index contributed by atoms with van der Waals surface area (Å²) in [5.41, 5.74) is 2.46. The zero-order chi connectivity index (χ0) is 13.3. The summed E-state index contributed by atoms with van der Waals surface area (Å²) in [5.74, 6) is -0.588. The van der Waals surface area contributed by atoms with Gasteiger partial charge in [0.15, 0.2) is 0 Å². The van der Waals surface area contributed by atoms with Gasteiger partial charge < -0.3 is 5.11 Å². The van der Waals surface area contributed by atoms with Crippen molar-refractivity contribution < 1.29 is 9.90 Å². The number of fused-ring (bicyclic) bond motifs is 1. The molecule has 1 aromatic carbocycles. The summed E-state index contributed by atoms with van der Waals surface area (Å²) in [6, 6.07) is 7.23. The molecule has 0 fully saturated rings. The van der Waals surface area contributed by atoms with Crippen molar-refractivity contribution in [3.05, 3.63) is 40.5 Å². The number of aliphatic carboxylic acids is 1. The van der Waals surface area contributed by atoms with Crippen LogP contribution in [-0.4, -0.2) is 16.1 Å². The van der Waals surface area contributed by atoms with E-state index >= 15 is 0 Å². The first-order valence-electron chi connectivity index (χ1n) is 5.78. The third kappa shape index (κ3) is 2.62. The van der Waals surface area contributed by atoms with Crippen LogP contribution in [0, 0.1) is 0 Å². The zero-order valence-corrected chi connectivity index (χ0v) is 11.0. The molecule has 94 valence electrons. The van der Waals surface area contributed by atoms with Gasteiger partial charge in [-0.05, 0) is 35.7 Å². The average Bonchev–Trinajstić information content (AvgIpc) is 2.28. The highest BCUT2D eigenvalue weighted by Crippen LogP contribution is 2.25. The smallest absolute Gasteiger partial charge is 0.307 e. The second-order valence-electron chi connectivity index (χ2n) is 4.59. The molecule has 0 unspecified atom stereocenters. The fourth-order valence-corrected chi connectivity index (χ4v) is 2.07. The first-order valence-corrected chi connectivity index (χ1v) is 6.16. The summed E-state index contributed by atoms with van der Waals surface area (Å²) >= 11 is 5.95. The van der Waals surface area contributed by atoms with Crippen molar-refractivity contribution in [3.63, 3.8) is 0 Å². The first kappa shape index (κ1) is 12.8. The van der Waals surface area contributed by atoms with E-state index in [9.17, 15) is 4.79 Å². The predicted octanol–water partition coefficient (Wildman–Crippen LogP) is 3.64. The van der Waals surface area contributed by atoms with E-state index in [1.807, 2.05) is 26.0 Å². The fraction of sp³-hybridized carbons (Fsp3) is 0.286. The van der Waals surface area contributed by atoms with Gasteiger partial charge in [-0.1, -0.05) is 25.4 Å². The van der Waals surface area contributed by atoms with Gasteiger partial charge >= 0.3 is 5.97 Å². The number of carboxylic acids is 1. The number of benzene rings is 1. The SMILES string of the molecule is CC(C)c1cc(CC(=O)O)c2cc(Cl)ccc2n1. The molecule has 0 saturated heterocycles. The van der Waals surface area contributed by atoms with Crippen LogP contribution in [0.2, 0.25) is 5.02 Å². The maximum absolute atomic E-state index is 10.9. The van der Waals surface area contributed by atoms with Crippen LogP contribution in [0.3, 0.4) is 0 Å². The van der Waals surface area contributed by atoms with Gasteiger partial charge in [-0.2, -0.15) is 0 Å². The zero-order valence-electron chi connectivity index (χ0n) is 10.3. The third-order valence-electron chi connectivity index (χ3n) is 2.81. The Hall–Kier alpha value is -1.61. The van der Waals surface area contributed by atoms with Crippen LogP contribution >= 0.6 is 11.6 Å². The molecule has 0 atom stereocenters. The van der Waals surface area contributed by atoms with E-state index in [1.165, 1.54) is 0 Å². The number of carboxylic acid groups (broad SMARTS) is 1. The Bertz CT molecular complexity index is 608. The van der Waals surface area contributed by atoms with Crippen LogP contribution in [0.15, 0.2) is 24.3 Å². The van der Waals surface area contributed by atoms with E-state index in [1.54, 1.807) is 12.1 Å². The van der Waals surface area contributed by atoms with Crippen molar-refractivity contribution in [1.82, 2.24) is 4.98 Å². The Morgan fingerprint density at radius 1 is 1.39 bits per heavy atom. The van der Waals surface area contributed by atoms with E-state index in [4.69, 9.17) is 16.7 Å². The molecule has 0 saturated carbocycles. The van der Waals surface area contributed by atoms with Crippen molar-refractivity contribution in [2.24, 2.45) is 0 Å². The highest BCUT2D eigenvalue weighted by molar-refractivity contribution is 6.31. The number of halogens is 1. The molecule has 2 rings (SSSR count). The van der Waals surface area contributed by atoms with E-state index in [0.717, 1.165) is 22.2 Å². The monoisotopic (exact) mass is 263 g/mol. The topological polar surface area (TPSA) is 50.2 Å². The van der Waals surface area contributed by atoms with Crippen LogP contribution in [0.4, 0.5) is 0 Å². The van der Waals surface area contributed by atoms with Crippen LogP contribution in [-0.2, 0) is 11.2 Å². The van der Waals surface area contributed by atoms with Gasteiger partial charge in [-0.25, -0.2) is 0 Å². The van der Waals surface area contributed by atoms with Crippen molar-refractivity contribution in [1.29, 1.82) is 0 Å². The minimum absolute atomic E-state index is 0.0148. The molecule has 0 amide bonds. The summed E-state index contributed by atoms with van der Waals surface area (Å²) in [6.07, 6.45) is -0.0148. The van der Waals surface area contributed by atoms with Crippen LogP contribution in [0.25, 0.3) is 10.9 Å². The van der Waals surface area contributed by atoms with Gasteiger partial charge in [0.1, 0.15) is 0 Å². The normalized spacial score (nSPS) is 11.1. The molecule has 0 aliphatic heterocycles. The quantitative estimate of drug-likeness (QED) is 0.920. The molecular formula is C14H14ClNO2. The van der Waals surface area contributed by atoms with E-state index in [-0.39, 0.29) is 12.3 Å². The Morgan fingerprint density at radius 3 is 2.72 bits per heavy atom. The van der Waals surface area contributed by atoms with Gasteiger partial charge in [-0.15, -0.1) is 0 Å². The lowest BCUT2D eigenvalue weighted by molar-refractivity contribution is -0.136. The van der Waals surface area contributed by atoms with Crippen LogP contribution in [0.1, 0.15) is 31.0 Å². The maximum atomic E-state index is 10.9. The van der Waals surface area contributed by atoms with Crippen molar-refractivity contribution in [2.45, 2.75) is 26.2 Å². The van der Waals surface area contributed by atoms with Gasteiger partial charge in [-0.3, -0.25) is 9.78 Å². The molecule has 0 bridgehead atoms. The summed E-state index contributed by atoms with van der Waals surface area (Å²) in [5, 5.41) is 10.4. The lowest BCUT2D eigenvalue weighted by Gasteiger charge is -2.10. The Labute approximate surface area is 110 Å². The molecule has 2 aromatic rings. The largest absolute Gasteiger partial charge is 0.481 e. The number of hydrogen-bond donors (Lipinski definition) is 1. The highest BCUT2D eigenvalue weighted by Gasteiger charge is 2.11. The summed E-state index contributed by atoms with van der Waals surface area (Å²) in [6.45, 7) is 4.07. The molecule has 18 heavy (non-hydrogen) atoms.